The lowest BCUT2D eigenvalue weighted by molar-refractivity contribution is 0.397. The second kappa shape index (κ2) is 8.17. The first-order valence-corrected chi connectivity index (χ1v) is 7.62. The Labute approximate surface area is 137 Å². The molecule has 0 aliphatic carbocycles. The molecule has 5 nitrogen and oxygen atoms in total. The number of hydrogen-bond donors (Lipinski definition) is 2. The summed E-state index contributed by atoms with van der Waals surface area (Å²) in [6.45, 7) is 5.63. The van der Waals surface area contributed by atoms with Gasteiger partial charge in [-0.15, -0.1) is 0 Å². The first kappa shape index (κ1) is 16.8. The molecule has 1 aromatic carbocycles. The van der Waals surface area contributed by atoms with Crippen molar-refractivity contribution in [2.45, 2.75) is 26.9 Å². The van der Waals surface area contributed by atoms with Crippen molar-refractivity contribution in [3.8, 4) is 5.88 Å². The molecule has 0 unspecified atom stereocenters. The Kier molecular flexibility index (Phi) is 5.97. The molecule has 1 aromatic heterocycles. The zero-order valence-electron chi connectivity index (χ0n) is 14.2. The van der Waals surface area contributed by atoms with Gasteiger partial charge in [-0.3, -0.25) is 4.99 Å². The summed E-state index contributed by atoms with van der Waals surface area (Å²) in [4.78, 5) is 8.44. The van der Waals surface area contributed by atoms with Crippen molar-refractivity contribution in [1.82, 2.24) is 15.6 Å². The molecular weight excluding hydrogens is 288 g/mol. The van der Waals surface area contributed by atoms with Crippen LogP contribution in [0.5, 0.6) is 5.88 Å². The summed E-state index contributed by atoms with van der Waals surface area (Å²) in [6, 6.07) is 10.3. The number of ether oxygens (including phenoxy) is 1. The van der Waals surface area contributed by atoms with Gasteiger partial charge < -0.3 is 15.4 Å². The van der Waals surface area contributed by atoms with Gasteiger partial charge in [-0.05, 0) is 30.5 Å². The quantitative estimate of drug-likeness (QED) is 0.658. The lowest BCUT2D eigenvalue weighted by atomic mass is 10.1. The number of methoxy groups -OCH3 is 1. The van der Waals surface area contributed by atoms with Crippen LogP contribution in [0, 0.1) is 13.8 Å². The molecule has 5 heteroatoms. The van der Waals surface area contributed by atoms with Crippen molar-refractivity contribution in [3.05, 3.63) is 58.8 Å². The van der Waals surface area contributed by atoms with E-state index in [4.69, 9.17) is 4.74 Å². The zero-order valence-corrected chi connectivity index (χ0v) is 14.2. The molecule has 0 fully saturated rings. The molecule has 122 valence electrons. The van der Waals surface area contributed by atoms with Crippen molar-refractivity contribution in [2.75, 3.05) is 14.2 Å². The van der Waals surface area contributed by atoms with Crippen LogP contribution in [0.1, 0.15) is 22.3 Å². The Bertz CT molecular complexity index is 665. The van der Waals surface area contributed by atoms with Crippen molar-refractivity contribution < 1.29 is 4.74 Å². The molecule has 2 N–H and O–H groups in total. The third-order valence-electron chi connectivity index (χ3n) is 3.63. The van der Waals surface area contributed by atoms with E-state index in [9.17, 15) is 0 Å². The van der Waals surface area contributed by atoms with Crippen LogP contribution in [0.4, 0.5) is 0 Å². The average Bonchev–Trinajstić information content (AvgIpc) is 2.57. The third kappa shape index (κ3) is 4.98. The molecule has 1 heterocycles. The topological polar surface area (TPSA) is 58.5 Å². The van der Waals surface area contributed by atoms with Crippen LogP contribution >= 0.6 is 0 Å². The van der Waals surface area contributed by atoms with Gasteiger partial charge in [-0.2, -0.15) is 0 Å². The molecule has 23 heavy (non-hydrogen) atoms. The molecule has 0 spiro atoms. The van der Waals surface area contributed by atoms with Crippen LogP contribution in [-0.4, -0.2) is 25.1 Å². The van der Waals surface area contributed by atoms with Crippen LogP contribution in [0.3, 0.4) is 0 Å². The second-order valence-corrected chi connectivity index (χ2v) is 5.42. The van der Waals surface area contributed by atoms with Crippen molar-refractivity contribution in [1.29, 1.82) is 0 Å². The number of rotatable bonds is 5. The van der Waals surface area contributed by atoms with E-state index in [2.05, 4.69) is 52.7 Å². The summed E-state index contributed by atoms with van der Waals surface area (Å²) in [5, 5.41) is 6.61. The van der Waals surface area contributed by atoms with Crippen molar-refractivity contribution in [3.63, 3.8) is 0 Å². The van der Waals surface area contributed by atoms with E-state index >= 15 is 0 Å². The molecular formula is C18H24N4O. The number of aliphatic imine (C=N–C) groups is 1. The number of aryl methyl sites for hydroxylation is 2. The summed E-state index contributed by atoms with van der Waals surface area (Å²) >= 11 is 0. The fourth-order valence-electron chi connectivity index (χ4n) is 2.27. The van der Waals surface area contributed by atoms with Gasteiger partial charge in [0.25, 0.3) is 0 Å². The Morgan fingerprint density at radius 2 is 1.91 bits per heavy atom. The minimum atomic E-state index is 0.617. The Morgan fingerprint density at radius 3 is 2.52 bits per heavy atom. The summed E-state index contributed by atoms with van der Waals surface area (Å²) < 4.78 is 5.06. The predicted octanol–water partition coefficient (Wildman–Crippen LogP) is 2.57. The minimum Gasteiger partial charge on any atom is -0.481 e. The number of benzene rings is 1. The second-order valence-electron chi connectivity index (χ2n) is 5.42. The van der Waals surface area contributed by atoms with Gasteiger partial charge in [0.1, 0.15) is 0 Å². The van der Waals surface area contributed by atoms with E-state index in [0.29, 0.717) is 12.4 Å². The van der Waals surface area contributed by atoms with Gasteiger partial charge in [0.2, 0.25) is 5.88 Å². The molecule has 0 saturated carbocycles. The third-order valence-corrected chi connectivity index (χ3v) is 3.63. The van der Waals surface area contributed by atoms with E-state index in [1.807, 2.05) is 12.1 Å². The predicted molar refractivity (Wildman–Crippen MR) is 93.7 cm³/mol. The molecule has 0 saturated heterocycles. The normalized spacial score (nSPS) is 11.2. The fraction of sp³-hybridized carbons (Fsp3) is 0.333. The van der Waals surface area contributed by atoms with Crippen LogP contribution in [0.15, 0.2) is 41.5 Å². The van der Waals surface area contributed by atoms with Crippen LogP contribution < -0.4 is 15.4 Å². The standard InChI is InChI=1S/C18H24N4O/c1-13-5-7-16(14(2)9-13)12-22-18(19-3)21-11-15-6-8-17(23-4)20-10-15/h5-10H,11-12H2,1-4H3,(H2,19,21,22). The molecule has 0 radical (unpaired) electrons. The monoisotopic (exact) mass is 312 g/mol. The smallest absolute Gasteiger partial charge is 0.212 e. The fourth-order valence-corrected chi connectivity index (χ4v) is 2.27. The maximum Gasteiger partial charge on any atom is 0.212 e. The number of hydrogen-bond acceptors (Lipinski definition) is 3. The van der Waals surface area contributed by atoms with Crippen LogP contribution in [0.2, 0.25) is 0 Å². The number of pyridine rings is 1. The highest BCUT2D eigenvalue weighted by molar-refractivity contribution is 5.79. The SMILES string of the molecule is CN=C(NCc1ccc(OC)nc1)NCc1ccc(C)cc1C. The largest absolute Gasteiger partial charge is 0.481 e. The van der Waals surface area contributed by atoms with Gasteiger partial charge >= 0.3 is 0 Å². The van der Waals surface area contributed by atoms with E-state index in [1.54, 1.807) is 20.4 Å². The van der Waals surface area contributed by atoms with E-state index < -0.39 is 0 Å². The number of nitrogens with one attached hydrogen (secondary N) is 2. The molecule has 0 bridgehead atoms. The molecule has 0 amide bonds. The minimum absolute atomic E-state index is 0.617. The average molecular weight is 312 g/mol. The van der Waals surface area contributed by atoms with Crippen LogP contribution in [0.25, 0.3) is 0 Å². The van der Waals surface area contributed by atoms with Gasteiger partial charge in [0, 0.05) is 32.4 Å². The van der Waals surface area contributed by atoms with Crippen molar-refractivity contribution >= 4 is 5.96 Å². The highest BCUT2D eigenvalue weighted by Gasteiger charge is 2.02. The van der Waals surface area contributed by atoms with Crippen molar-refractivity contribution in [2.24, 2.45) is 4.99 Å². The number of nitrogens with zero attached hydrogens (tertiary/aromatic N) is 2. The van der Waals surface area contributed by atoms with E-state index in [0.717, 1.165) is 18.1 Å². The highest BCUT2D eigenvalue weighted by atomic mass is 16.5. The highest BCUT2D eigenvalue weighted by Crippen LogP contribution is 2.10. The molecule has 0 aliphatic heterocycles. The van der Waals surface area contributed by atoms with Gasteiger partial charge in [-0.25, -0.2) is 4.98 Å². The summed E-state index contributed by atoms with van der Waals surface area (Å²) in [6.07, 6.45) is 1.79. The molecule has 0 atom stereocenters. The van der Waals surface area contributed by atoms with E-state index in [1.165, 1.54) is 16.7 Å². The first-order valence-electron chi connectivity index (χ1n) is 7.62. The maximum absolute atomic E-state index is 5.06. The van der Waals surface area contributed by atoms with Gasteiger partial charge in [0.15, 0.2) is 5.96 Å². The Balaban J connectivity index is 1.87. The molecule has 0 aliphatic rings. The molecule has 2 aromatic rings. The van der Waals surface area contributed by atoms with Crippen LogP contribution in [-0.2, 0) is 13.1 Å². The zero-order chi connectivity index (χ0) is 16.7. The maximum atomic E-state index is 5.06. The first-order chi connectivity index (χ1) is 11.1. The van der Waals surface area contributed by atoms with E-state index in [-0.39, 0.29) is 0 Å². The lowest BCUT2D eigenvalue weighted by Gasteiger charge is -2.13. The Hall–Kier alpha value is -2.56. The number of guanidine groups is 1. The Morgan fingerprint density at radius 1 is 1.13 bits per heavy atom. The summed E-state index contributed by atoms with van der Waals surface area (Å²) in [7, 11) is 3.38. The number of aromatic nitrogens is 1. The summed E-state index contributed by atoms with van der Waals surface area (Å²) in [5.74, 6) is 1.38. The molecule has 2 rings (SSSR count). The van der Waals surface area contributed by atoms with Gasteiger partial charge in [-0.1, -0.05) is 29.8 Å². The summed E-state index contributed by atoms with van der Waals surface area (Å²) in [5.41, 5.74) is 4.90. The lowest BCUT2D eigenvalue weighted by Crippen LogP contribution is -2.36. The van der Waals surface area contributed by atoms with Gasteiger partial charge in [0.05, 0.1) is 7.11 Å².